The first-order valence-electron chi connectivity index (χ1n) is 8.66. The van der Waals surface area contributed by atoms with E-state index >= 15 is 0 Å². The second kappa shape index (κ2) is 5.56. The van der Waals surface area contributed by atoms with Gasteiger partial charge in [0.05, 0.1) is 11.5 Å². The molecule has 0 spiro atoms. The van der Waals surface area contributed by atoms with Gasteiger partial charge < -0.3 is 15.9 Å². The molecule has 0 saturated heterocycles. The number of carbonyl (C=O) groups excluding carboxylic acids is 5. The number of aliphatic hydroxyl groups is 1. The fraction of sp³-hybridized carbons (Fsp3) is 0.421. The molecule has 8 heteroatoms. The topological polar surface area (TPSA) is 152 Å². The highest BCUT2D eigenvalue weighted by Gasteiger charge is 2.65. The number of carbonyl (C=O) groups is 5. The van der Waals surface area contributed by atoms with Gasteiger partial charge in [-0.1, -0.05) is 12.1 Å². The Kier molecular flexibility index (Phi) is 3.61. The van der Waals surface area contributed by atoms with Gasteiger partial charge in [-0.3, -0.25) is 24.0 Å². The van der Waals surface area contributed by atoms with Crippen LogP contribution in [-0.2, 0) is 25.6 Å². The summed E-state index contributed by atoms with van der Waals surface area (Å²) in [4.78, 5) is 62.4. The number of ketones is 4. The van der Waals surface area contributed by atoms with Gasteiger partial charge in [-0.15, -0.1) is 0 Å². The second-order valence-corrected chi connectivity index (χ2v) is 7.55. The van der Waals surface area contributed by atoms with Crippen LogP contribution in [0.2, 0.25) is 0 Å². The Balaban J connectivity index is 1.81. The molecule has 3 aliphatic rings. The van der Waals surface area contributed by atoms with E-state index in [4.69, 9.17) is 5.73 Å². The molecular formula is C19H17NO7. The summed E-state index contributed by atoms with van der Waals surface area (Å²) in [6.07, 6.45) is 0.0860. The van der Waals surface area contributed by atoms with E-state index in [0.29, 0.717) is 12.0 Å². The van der Waals surface area contributed by atoms with E-state index in [2.05, 4.69) is 0 Å². The standard InChI is InChI=1S/C19H17NO7/c20-18(26)14-11(22)6-9-5-8-4-7-2-1-3-10(21)12(7)15(23)13(8)16(24)19(9,27)17(14)25/h1-3,8-9,13-14,21,27H,4-6H2,(H2,20,26)/t8-,9-,13+,14+,19-/m0/s1. The van der Waals surface area contributed by atoms with Crippen molar-refractivity contribution in [2.45, 2.75) is 24.9 Å². The third-order valence-electron chi connectivity index (χ3n) is 6.14. The number of rotatable bonds is 1. The molecule has 140 valence electrons. The van der Waals surface area contributed by atoms with Crippen molar-refractivity contribution < 1.29 is 34.2 Å². The maximum Gasteiger partial charge on any atom is 0.235 e. The first-order valence-corrected chi connectivity index (χ1v) is 8.66. The molecule has 1 amide bonds. The summed E-state index contributed by atoms with van der Waals surface area (Å²) in [5.41, 5.74) is 3.12. The smallest absolute Gasteiger partial charge is 0.235 e. The van der Waals surface area contributed by atoms with Gasteiger partial charge in [0.25, 0.3) is 0 Å². The van der Waals surface area contributed by atoms with Gasteiger partial charge in [-0.05, 0) is 30.4 Å². The lowest BCUT2D eigenvalue weighted by molar-refractivity contribution is -0.175. The zero-order valence-corrected chi connectivity index (χ0v) is 14.2. The second-order valence-electron chi connectivity index (χ2n) is 7.55. The lowest BCUT2D eigenvalue weighted by Crippen LogP contribution is -2.68. The highest BCUT2D eigenvalue weighted by atomic mass is 16.3. The summed E-state index contributed by atoms with van der Waals surface area (Å²) >= 11 is 0. The van der Waals surface area contributed by atoms with Gasteiger partial charge in [0.1, 0.15) is 5.75 Å². The molecule has 0 radical (unpaired) electrons. The predicted octanol–water partition coefficient (Wildman–Crippen LogP) is -0.673. The largest absolute Gasteiger partial charge is 0.507 e. The molecule has 0 aromatic heterocycles. The van der Waals surface area contributed by atoms with Gasteiger partial charge in [-0.2, -0.15) is 0 Å². The molecule has 3 aliphatic carbocycles. The van der Waals surface area contributed by atoms with Crippen molar-refractivity contribution >= 4 is 29.0 Å². The molecule has 8 nitrogen and oxygen atoms in total. The number of primary amides is 1. The van der Waals surface area contributed by atoms with E-state index in [1.165, 1.54) is 6.07 Å². The quantitative estimate of drug-likeness (QED) is 0.553. The number of aromatic hydroxyl groups is 1. The fourth-order valence-corrected chi connectivity index (χ4v) is 4.91. The Hall–Kier alpha value is -2.87. The molecule has 2 fully saturated rings. The van der Waals surface area contributed by atoms with Crippen molar-refractivity contribution in [2.24, 2.45) is 29.4 Å². The Morgan fingerprint density at radius 3 is 2.48 bits per heavy atom. The average Bonchev–Trinajstić information content (AvgIpc) is 2.57. The molecule has 27 heavy (non-hydrogen) atoms. The first kappa shape index (κ1) is 17.5. The lowest BCUT2D eigenvalue weighted by Gasteiger charge is -2.48. The van der Waals surface area contributed by atoms with E-state index in [-0.39, 0.29) is 24.2 Å². The first-order chi connectivity index (χ1) is 12.7. The van der Waals surface area contributed by atoms with Crippen molar-refractivity contribution in [3.63, 3.8) is 0 Å². The average molecular weight is 371 g/mol. The molecule has 4 rings (SSSR count). The predicted molar refractivity (Wildman–Crippen MR) is 88.5 cm³/mol. The minimum atomic E-state index is -2.59. The van der Waals surface area contributed by atoms with E-state index in [0.717, 1.165) is 0 Å². The van der Waals surface area contributed by atoms with Crippen LogP contribution in [0.4, 0.5) is 0 Å². The third kappa shape index (κ3) is 2.16. The van der Waals surface area contributed by atoms with Crippen molar-refractivity contribution in [1.29, 1.82) is 0 Å². The van der Waals surface area contributed by atoms with Crippen LogP contribution in [-0.4, -0.2) is 44.9 Å². The molecule has 4 N–H and O–H groups in total. The minimum Gasteiger partial charge on any atom is -0.507 e. The molecule has 0 aliphatic heterocycles. The number of amides is 1. The van der Waals surface area contributed by atoms with E-state index in [9.17, 15) is 34.2 Å². The molecule has 1 aromatic carbocycles. The van der Waals surface area contributed by atoms with Crippen LogP contribution in [0.25, 0.3) is 0 Å². The summed E-state index contributed by atoms with van der Waals surface area (Å²) in [5.74, 6) is -9.78. The van der Waals surface area contributed by atoms with Crippen molar-refractivity contribution in [3.8, 4) is 5.75 Å². The number of hydrogen-bond donors (Lipinski definition) is 3. The molecule has 2 saturated carbocycles. The number of hydrogen-bond acceptors (Lipinski definition) is 7. The Labute approximate surface area is 153 Å². The van der Waals surface area contributed by atoms with Gasteiger partial charge in [0, 0.05) is 12.3 Å². The number of benzene rings is 1. The molecule has 0 heterocycles. The highest BCUT2D eigenvalue weighted by molar-refractivity contribution is 6.31. The number of phenolic OH excluding ortho intramolecular Hbond substituents is 1. The van der Waals surface area contributed by atoms with Crippen LogP contribution in [0.15, 0.2) is 18.2 Å². The maximum atomic E-state index is 13.1. The lowest BCUT2D eigenvalue weighted by atomic mass is 9.54. The Bertz CT molecular complexity index is 936. The number of phenols is 1. The van der Waals surface area contributed by atoms with Gasteiger partial charge in [-0.25, -0.2) is 0 Å². The minimum absolute atomic E-state index is 0.0138. The van der Waals surface area contributed by atoms with Crippen LogP contribution in [0.3, 0.4) is 0 Å². The van der Waals surface area contributed by atoms with E-state index < -0.39 is 58.3 Å². The zero-order chi connectivity index (χ0) is 19.7. The SMILES string of the molecule is NC(=O)[C@@H]1C(=O)C[C@@H]2C[C@@H]3Cc4cccc(O)c4C(=O)[C@@H]3C(=O)[C@]2(O)C1=O. The van der Waals surface area contributed by atoms with Crippen LogP contribution < -0.4 is 5.73 Å². The van der Waals surface area contributed by atoms with Crippen LogP contribution in [0, 0.1) is 23.7 Å². The number of nitrogens with two attached hydrogens (primary N) is 1. The summed E-state index contributed by atoms with van der Waals surface area (Å²) in [7, 11) is 0. The monoisotopic (exact) mass is 371 g/mol. The normalized spacial score (nSPS) is 35.3. The highest BCUT2D eigenvalue weighted by Crippen LogP contribution is 2.49. The molecule has 5 atom stereocenters. The van der Waals surface area contributed by atoms with Gasteiger partial charge in [0.15, 0.2) is 34.7 Å². The molecular weight excluding hydrogens is 354 g/mol. The van der Waals surface area contributed by atoms with Gasteiger partial charge >= 0.3 is 0 Å². The summed E-state index contributed by atoms with van der Waals surface area (Å²) < 4.78 is 0. The molecule has 1 aromatic rings. The van der Waals surface area contributed by atoms with Crippen molar-refractivity contribution in [1.82, 2.24) is 0 Å². The van der Waals surface area contributed by atoms with Crippen LogP contribution in [0.1, 0.15) is 28.8 Å². The molecule has 0 unspecified atom stereocenters. The summed E-state index contributed by atoms with van der Waals surface area (Å²) in [6, 6.07) is 4.60. The zero-order valence-electron chi connectivity index (χ0n) is 14.2. The Morgan fingerprint density at radius 1 is 1.11 bits per heavy atom. The van der Waals surface area contributed by atoms with E-state index in [1.54, 1.807) is 12.1 Å². The fourth-order valence-electron chi connectivity index (χ4n) is 4.91. The maximum absolute atomic E-state index is 13.1. The van der Waals surface area contributed by atoms with Crippen LogP contribution in [0.5, 0.6) is 5.75 Å². The Morgan fingerprint density at radius 2 is 1.81 bits per heavy atom. The van der Waals surface area contributed by atoms with E-state index in [1.807, 2.05) is 0 Å². The number of Topliss-reactive ketones (excluding diaryl/α,β-unsaturated/α-hetero) is 4. The third-order valence-corrected chi connectivity index (χ3v) is 6.14. The van der Waals surface area contributed by atoms with Crippen LogP contribution >= 0.6 is 0 Å². The molecule has 0 bridgehead atoms. The van der Waals surface area contributed by atoms with Crippen molar-refractivity contribution in [3.05, 3.63) is 29.3 Å². The summed E-state index contributed by atoms with van der Waals surface area (Å²) in [5, 5.41) is 21.0. The van der Waals surface area contributed by atoms with Crippen molar-refractivity contribution in [2.75, 3.05) is 0 Å². The van der Waals surface area contributed by atoms with Gasteiger partial charge in [0.2, 0.25) is 5.91 Å². The summed E-state index contributed by atoms with van der Waals surface area (Å²) in [6.45, 7) is 0. The number of fused-ring (bicyclic) bond motifs is 3.